The van der Waals surface area contributed by atoms with Gasteiger partial charge < -0.3 is 4.74 Å². The van der Waals surface area contributed by atoms with Crippen molar-refractivity contribution in [3.63, 3.8) is 0 Å². The fourth-order valence-corrected chi connectivity index (χ4v) is 1.58. The second-order valence-corrected chi connectivity index (χ2v) is 4.78. The highest BCUT2D eigenvalue weighted by Gasteiger charge is 2.05. The fourth-order valence-electron chi connectivity index (χ4n) is 1.58. The van der Waals surface area contributed by atoms with Crippen LogP contribution in [-0.2, 0) is 9.53 Å². The highest BCUT2D eigenvalue weighted by Crippen LogP contribution is 2.09. The third-order valence-corrected chi connectivity index (χ3v) is 2.38. The lowest BCUT2D eigenvalue weighted by molar-refractivity contribution is -0.146. The zero-order valence-corrected chi connectivity index (χ0v) is 11.9. The third-order valence-electron chi connectivity index (χ3n) is 2.38. The van der Waals surface area contributed by atoms with Crippen LogP contribution in [0.2, 0.25) is 0 Å². The number of carbonyl (C=O) groups is 1. The summed E-state index contributed by atoms with van der Waals surface area (Å²) in [5.74, 6) is -0.103. The van der Waals surface area contributed by atoms with Crippen LogP contribution in [0, 0.1) is 0 Å². The van der Waals surface area contributed by atoms with Gasteiger partial charge in [-0.15, -0.1) is 0 Å². The lowest BCUT2D eigenvalue weighted by Crippen LogP contribution is -2.12. The second-order valence-electron chi connectivity index (χ2n) is 4.78. The first-order valence-corrected chi connectivity index (χ1v) is 6.45. The van der Waals surface area contributed by atoms with E-state index in [2.05, 4.69) is 26.8 Å². The van der Waals surface area contributed by atoms with Crippen molar-refractivity contribution in [3.05, 3.63) is 23.3 Å². The van der Waals surface area contributed by atoms with Gasteiger partial charge in [0.05, 0.1) is 0 Å². The van der Waals surface area contributed by atoms with Crippen LogP contribution in [0.15, 0.2) is 23.3 Å². The van der Waals surface area contributed by atoms with Crippen molar-refractivity contribution in [1.82, 2.24) is 0 Å². The van der Waals surface area contributed by atoms with Crippen LogP contribution in [-0.4, -0.2) is 12.1 Å². The number of allylic oxidation sites excluding steroid dienone is 3. The zero-order chi connectivity index (χ0) is 13.3. The Kier molecular flexibility index (Phi) is 8.47. The Morgan fingerprint density at radius 2 is 1.88 bits per heavy atom. The largest absolute Gasteiger partial charge is 0.458 e. The van der Waals surface area contributed by atoms with Crippen LogP contribution in [0.5, 0.6) is 0 Å². The quantitative estimate of drug-likeness (QED) is 0.485. The first-order chi connectivity index (χ1) is 7.95. The van der Waals surface area contributed by atoms with Crippen LogP contribution in [0.3, 0.4) is 0 Å². The predicted octanol–water partition coefficient (Wildman–Crippen LogP) is 4.41. The number of hydrogen-bond donors (Lipinski definition) is 0. The molecule has 0 fully saturated rings. The Morgan fingerprint density at radius 3 is 2.41 bits per heavy atom. The van der Waals surface area contributed by atoms with Gasteiger partial charge in [-0.3, -0.25) is 4.79 Å². The van der Waals surface area contributed by atoms with E-state index in [0.29, 0.717) is 6.42 Å². The molecule has 0 aliphatic rings. The molecular weight excluding hydrogens is 212 g/mol. The minimum atomic E-state index is -0.110. The SMILES string of the molecule is CCCC(=O)OC(C)C=C(C)CCC=C(C)C. The first kappa shape index (κ1) is 16.0. The summed E-state index contributed by atoms with van der Waals surface area (Å²) in [7, 11) is 0. The molecule has 0 radical (unpaired) electrons. The molecule has 0 spiro atoms. The standard InChI is InChI=1S/C15H26O2/c1-6-8-15(16)17-14(5)11-13(4)10-7-9-12(2)3/h9,11,14H,6-8,10H2,1-5H3. The Hall–Kier alpha value is -1.05. The van der Waals surface area contributed by atoms with E-state index in [0.717, 1.165) is 19.3 Å². The number of hydrogen-bond acceptors (Lipinski definition) is 2. The second kappa shape index (κ2) is 9.03. The Bertz CT molecular complexity index is 283. The molecule has 17 heavy (non-hydrogen) atoms. The minimum Gasteiger partial charge on any atom is -0.458 e. The summed E-state index contributed by atoms with van der Waals surface area (Å²) < 4.78 is 5.26. The van der Waals surface area contributed by atoms with E-state index in [1.165, 1.54) is 11.1 Å². The van der Waals surface area contributed by atoms with Crippen LogP contribution in [0.25, 0.3) is 0 Å². The van der Waals surface area contributed by atoms with Gasteiger partial charge in [0.1, 0.15) is 6.10 Å². The van der Waals surface area contributed by atoms with Crippen molar-refractivity contribution >= 4 is 5.97 Å². The van der Waals surface area contributed by atoms with E-state index >= 15 is 0 Å². The lowest BCUT2D eigenvalue weighted by atomic mass is 10.1. The molecule has 0 N–H and O–H groups in total. The van der Waals surface area contributed by atoms with Gasteiger partial charge in [0.15, 0.2) is 0 Å². The summed E-state index contributed by atoms with van der Waals surface area (Å²) >= 11 is 0. The van der Waals surface area contributed by atoms with Gasteiger partial charge in [-0.05, 0) is 53.0 Å². The maximum Gasteiger partial charge on any atom is 0.306 e. The molecule has 0 amide bonds. The molecule has 1 atom stereocenters. The van der Waals surface area contributed by atoms with Crippen molar-refractivity contribution in [2.45, 2.75) is 66.4 Å². The summed E-state index contributed by atoms with van der Waals surface area (Å²) in [5, 5.41) is 0. The van der Waals surface area contributed by atoms with Gasteiger partial charge in [-0.25, -0.2) is 0 Å². The molecule has 2 heteroatoms. The summed E-state index contributed by atoms with van der Waals surface area (Å²) in [4.78, 5) is 11.3. The molecule has 98 valence electrons. The lowest BCUT2D eigenvalue weighted by Gasteiger charge is -2.10. The van der Waals surface area contributed by atoms with E-state index in [-0.39, 0.29) is 12.1 Å². The molecule has 0 rings (SSSR count). The van der Waals surface area contributed by atoms with Gasteiger partial charge in [-0.2, -0.15) is 0 Å². The van der Waals surface area contributed by atoms with E-state index in [9.17, 15) is 4.79 Å². The van der Waals surface area contributed by atoms with Gasteiger partial charge in [0.25, 0.3) is 0 Å². The Morgan fingerprint density at radius 1 is 1.24 bits per heavy atom. The molecule has 0 saturated carbocycles. The molecule has 0 heterocycles. The van der Waals surface area contributed by atoms with Gasteiger partial charge in [0, 0.05) is 6.42 Å². The van der Waals surface area contributed by atoms with Crippen molar-refractivity contribution in [3.8, 4) is 0 Å². The summed E-state index contributed by atoms with van der Waals surface area (Å²) in [6.45, 7) is 10.2. The molecule has 2 nitrogen and oxygen atoms in total. The van der Waals surface area contributed by atoms with E-state index in [1.54, 1.807) is 0 Å². The fraction of sp³-hybridized carbons (Fsp3) is 0.667. The van der Waals surface area contributed by atoms with Crippen molar-refractivity contribution < 1.29 is 9.53 Å². The number of carbonyl (C=O) groups excluding carboxylic acids is 1. The van der Waals surface area contributed by atoms with E-state index in [4.69, 9.17) is 4.74 Å². The third kappa shape index (κ3) is 9.86. The molecule has 0 aliphatic carbocycles. The van der Waals surface area contributed by atoms with Gasteiger partial charge in [0.2, 0.25) is 0 Å². The predicted molar refractivity (Wildman–Crippen MR) is 72.9 cm³/mol. The summed E-state index contributed by atoms with van der Waals surface area (Å²) in [6, 6.07) is 0. The number of rotatable bonds is 7. The van der Waals surface area contributed by atoms with Crippen LogP contribution in [0.4, 0.5) is 0 Å². The zero-order valence-electron chi connectivity index (χ0n) is 11.9. The van der Waals surface area contributed by atoms with Crippen LogP contribution in [0.1, 0.15) is 60.3 Å². The van der Waals surface area contributed by atoms with Gasteiger partial charge in [-0.1, -0.05) is 24.1 Å². The monoisotopic (exact) mass is 238 g/mol. The first-order valence-electron chi connectivity index (χ1n) is 6.45. The van der Waals surface area contributed by atoms with Crippen molar-refractivity contribution in [2.75, 3.05) is 0 Å². The summed E-state index contributed by atoms with van der Waals surface area (Å²) in [6.07, 6.45) is 7.59. The Labute approximate surface area is 106 Å². The van der Waals surface area contributed by atoms with Crippen molar-refractivity contribution in [2.24, 2.45) is 0 Å². The number of ether oxygens (including phenoxy) is 1. The molecule has 0 aromatic carbocycles. The molecule has 1 unspecified atom stereocenters. The smallest absolute Gasteiger partial charge is 0.306 e. The maximum atomic E-state index is 11.3. The average molecular weight is 238 g/mol. The summed E-state index contributed by atoms with van der Waals surface area (Å²) in [5.41, 5.74) is 2.62. The van der Waals surface area contributed by atoms with Crippen LogP contribution >= 0.6 is 0 Å². The molecule has 0 aromatic heterocycles. The highest BCUT2D eigenvalue weighted by atomic mass is 16.5. The molecular formula is C15H26O2. The van der Waals surface area contributed by atoms with E-state index < -0.39 is 0 Å². The molecule has 0 aliphatic heterocycles. The topological polar surface area (TPSA) is 26.3 Å². The van der Waals surface area contributed by atoms with E-state index in [1.807, 2.05) is 19.9 Å². The molecule has 0 bridgehead atoms. The normalized spacial score (nSPS) is 13.1. The van der Waals surface area contributed by atoms with Crippen molar-refractivity contribution in [1.29, 1.82) is 0 Å². The maximum absolute atomic E-state index is 11.3. The Balaban J connectivity index is 4.01. The highest BCUT2D eigenvalue weighted by molar-refractivity contribution is 5.69. The average Bonchev–Trinajstić information content (AvgIpc) is 2.16. The van der Waals surface area contributed by atoms with Gasteiger partial charge >= 0.3 is 5.97 Å². The molecule has 0 aromatic rings. The molecule has 0 saturated heterocycles. The minimum absolute atomic E-state index is 0.103. The number of esters is 1. The van der Waals surface area contributed by atoms with Crippen LogP contribution < -0.4 is 0 Å².